The fourth-order valence-electron chi connectivity index (χ4n) is 3.43. The number of rotatable bonds is 9. The second-order valence-electron chi connectivity index (χ2n) is 7.46. The first-order valence-corrected chi connectivity index (χ1v) is 13.1. The van der Waals surface area contributed by atoms with Gasteiger partial charge in [0.15, 0.2) is 11.5 Å². The molecule has 1 fully saturated rings. The van der Waals surface area contributed by atoms with Gasteiger partial charge in [-0.2, -0.15) is 8.61 Å². The van der Waals surface area contributed by atoms with Crippen LogP contribution in [0, 0.1) is 0 Å². The lowest BCUT2D eigenvalue weighted by atomic mass is 10.3. The van der Waals surface area contributed by atoms with Crippen molar-refractivity contribution in [3.05, 3.63) is 42.5 Å². The van der Waals surface area contributed by atoms with Crippen LogP contribution in [0.5, 0.6) is 11.5 Å². The Morgan fingerprint density at radius 1 is 0.939 bits per heavy atom. The molecule has 0 bridgehead atoms. The molecule has 0 radical (unpaired) electrons. The minimum atomic E-state index is -3.97. The van der Waals surface area contributed by atoms with E-state index in [0.717, 1.165) is 17.1 Å². The number of hydrogen-bond acceptors (Lipinski definition) is 7. The van der Waals surface area contributed by atoms with E-state index in [0.29, 0.717) is 24.5 Å². The van der Waals surface area contributed by atoms with Crippen LogP contribution in [0.25, 0.3) is 0 Å². The highest BCUT2D eigenvalue weighted by Gasteiger charge is 2.27. The van der Waals surface area contributed by atoms with E-state index in [1.54, 1.807) is 0 Å². The highest BCUT2D eigenvalue weighted by Crippen LogP contribution is 2.30. The van der Waals surface area contributed by atoms with Gasteiger partial charge in [0.1, 0.15) is 0 Å². The molecule has 10 nitrogen and oxygen atoms in total. The molecule has 180 valence electrons. The number of hydrogen-bond donors (Lipinski definition) is 1. The molecule has 1 aliphatic heterocycles. The average molecular weight is 498 g/mol. The van der Waals surface area contributed by atoms with Gasteiger partial charge in [0.2, 0.25) is 26.0 Å². The molecule has 1 aliphatic rings. The summed E-state index contributed by atoms with van der Waals surface area (Å²) in [5.41, 5.74) is 0.359. The molecule has 0 aromatic heterocycles. The number of benzene rings is 2. The van der Waals surface area contributed by atoms with Crippen LogP contribution in [0.4, 0.5) is 5.69 Å². The van der Waals surface area contributed by atoms with E-state index >= 15 is 0 Å². The van der Waals surface area contributed by atoms with Crippen molar-refractivity contribution >= 4 is 31.6 Å². The van der Waals surface area contributed by atoms with Gasteiger partial charge >= 0.3 is 0 Å². The molecule has 12 heteroatoms. The summed E-state index contributed by atoms with van der Waals surface area (Å²) >= 11 is 0. The van der Waals surface area contributed by atoms with Crippen molar-refractivity contribution in [1.29, 1.82) is 0 Å². The number of ether oxygens (including phenoxy) is 2. The summed E-state index contributed by atoms with van der Waals surface area (Å²) in [4.78, 5) is 12.5. The molecule has 2 aromatic rings. The van der Waals surface area contributed by atoms with E-state index in [4.69, 9.17) is 9.47 Å². The van der Waals surface area contributed by atoms with Gasteiger partial charge in [-0.05, 0) is 49.2 Å². The predicted octanol–water partition coefficient (Wildman–Crippen LogP) is 1.75. The Morgan fingerprint density at radius 2 is 1.52 bits per heavy atom. The standard InChI is InChI=1S/C21H27N3O7S2/c1-23(32(26,27)18-10-11-19(30-2)20(14-18)31-3)15-21(25)22-16-6-8-17(9-7-16)33(28,29)24-12-4-5-13-24/h6-11,14H,4-5,12-13,15H2,1-3H3,(H,22,25). The molecule has 1 N–H and O–H groups in total. The SMILES string of the molecule is COc1ccc(S(=O)(=O)N(C)CC(=O)Nc2ccc(S(=O)(=O)N3CCCC3)cc2)cc1OC. The zero-order chi connectivity index (χ0) is 24.2. The minimum Gasteiger partial charge on any atom is -0.493 e. The van der Waals surface area contributed by atoms with Gasteiger partial charge in [-0.1, -0.05) is 0 Å². The highest BCUT2D eigenvalue weighted by atomic mass is 32.2. The quantitative estimate of drug-likeness (QED) is 0.560. The third kappa shape index (κ3) is 5.46. The molecule has 0 saturated carbocycles. The van der Waals surface area contributed by atoms with Crippen LogP contribution in [0.2, 0.25) is 0 Å². The van der Waals surface area contributed by atoms with E-state index in [1.165, 1.54) is 68.0 Å². The molecule has 1 saturated heterocycles. The maximum absolute atomic E-state index is 12.8. The van der Waals surface area contributed by atoms with Crippen molar-refractivity contribution in [2.75, 3.05) is 46.2 Å². The number of likely N-dealkylation sites (N-methyl/N-ethyl adjacent to an activating group) is 1. The maximum Gasteiger partial charge on any atom is 0.243 e. The molecule has 1 heterocycles. The number of sulfonamides is 2. The summed E-state index contributed by atoms with van der Waals surface area (Å²) in [6.07, 6.45) is 1.68. The molecule has 0 spiro atoms. The van der Waals surface area contributed by atoms with Crippen LogP contribution in [-0.4, -0.2) is 72.3 Å². The van der Waals surface area contributed by atoms with Gasteiger partial charge in [-0.3, -0.25) is 4.79 Å². The Bertz CT molecular complexity index is 1210. The van der Waals surface area contributed by atoms with Gasteiger partial charge in [0.25, 0.3) is 0 Å². The summed E-state index contributed by atoms with van der Waals surface area (Å²) in [7, 11) is -3.39. The van der Waals surface area contributed by atoms with Gasteiger partial charge in [-0.25, -0.2) is 16.8 Å². The molecule has 1 amide bonds. The number of anilines is 1. The number of nitrogens with one attached hydrogen (secondary N) is 1. The van der Waals surface area contributed by atoms with Gasteiger partial charge in [0, 0.05) is 31.9 Å². The summed E-state index contributed by atoms with van der Waals surface area (Å²) in [6, 6.07) is 9.96. The molecular formula is C21H27N3O7S2. The number of methoxy groups -OCH3 is 2. The van der Waals surface area contributed by atoms with Crippen molar-refractivity contribution in [3.63, 3.8) is 0 Å². The zero-order valence-electron chi connectivity index (χ0n) is 18.6. The molecule has 0 unspecified atom stereocenters. The lowest BCUT2D eigenvalue weighted by molar-refractivity contribution is -0.116. The van der Waals surface area contributed by atoms with Crippen LogP contribution < -0.4 is 14.8 Å². The predicted molar refractivity (Wildman–Crippen MR) is 122 cm³/mol. The Balaban J connectivity index is 1.66. The smallest absolute Gasteiger partial charge is 0.243 e. The molecule has 0 atom stereocenters. The van der Waals surface area contributed by atoms with E-state index < -0.39 is 32.5 Å². The lowest BCUT2D eigenvalue weighted by Crippen LogP contribution is -2.35. The number of carbonyl (C=O) groups excluding carboxylic acids is 1. The topological polar surface area (TPSA) is 122 Å². The molecular weight excluding hydrogens is 470 g/mol. The van der Waals surface area contributed by atoms with E-state index in [-0.39, 0.29) is 15.5 Å². The molecule has 2 aromatic carbocycles. The zero-order valence-corrected chi connectivity index (χ0v) is 20.3. The van der Waals surface area contributed by atoms with Crippen LogP contribution in [-0.2, 0) is 24.8 Å². The second-order valence-corrected chi connectivity index (χ2v) is 11.4. The minimum absolute atomic E-state index is 0.0491. The largest absolute Gasteiger partial charge is 0.493 e. The Morgan fingerprint density at radius 3 is 2.09 bits per heavy atom. The van der Waals surface area contributed by atoms with Crippen LogP contribution in [0.15, 0.2) is 52.3 Å². The molecule has 0 aliphatic carbocycles. The summed E-state index contributed by atoms with van der Waals surface area (Å²) in [5, 5.41) is 2.59. The highest BCUT2D eigenvalue weighted by molar-refractivity contribution is 7.89. The lowest BCUT2D eigenvalue weighted by Gasteiger charge is -2.18. The number of carbonyl (C=O) groups is 1. The normalized spacial score (nSPS) is 14.9. The fourth-order valence-corrected chi connectivity index (χ4v) is 6.09. The first-order valence-electron chi connectivity index (χ1n) is 10.2. The monoisotopic (exact) mass is 497 g/mol. The van der Waals surface area contributed by atoms with E-state index in [2.05, 4.69) is 5.32 Å². The van der Waals surface area contributed by atoms with Gasteiger partial charge in [-0.15, -0.1) is 0 Å². The third-order valence-electron chi connectivity index (χ3n) is 5.27. The maximum atomic E-state index is 12.8. The van der Waals surface area contributed by atoms with Crippen molar-refractivity contribution in [2.24, 2.45) is 0 Å². The second kappa shape index (κ2) is 10.1. The van der Waals surface area contributed by atoms with Gasteiger partial charge < -0.3 is 14.8 Å². The molecule has 3 rings (SSSR count). The Hall–Kier alpha value is -2.67. The molecule has 33 heavy (non-hydrogen) atoms. The first-order chi connectivity index (χ1) is 15.6. The van der Waals surface area contributed by atoms with Crippen LogP contribution >= 0.6 is 0 Å². The van der Waals surface area contributed by atoms with E-state index in [9.17, 15) is 21.6 Å². The van der Waals surface area contributed by atoms with Crippen LogP contribution in [0.1, 0.15) is 12.8 Å². The summed E-state index contributed by atoms with van der Waals surface area (Å²) in [5.74, 6) is 0.0594. The Kier molecular flexibility index (Phi) is 7.62. The van der Waals surface area contributed by atoms with Crippen molar-refractivity contribution in [1.82, 2.24) is 8.61 Å². The van der Waals surface area contributed by atoms with Crippen LogP contribution in [0.3, 0.4) is 0 Å². The number of amides is 1. The number of nitrogens with zero attached hydrogens (tertiary/aromatic N) is 2. The van der Waals surface area contributed by atoms with Gasteiger partial charge in [0.05, 0.1) is 30.6 Å². The average Bonchev–Trinajstić information content (AvgIpc) is 3.34. The Labute approximate surface area is 194 Å². The van der Waals surface area contributed by atoms with Crippen molar-refractivity contribution < 1.29 is 31.1 Å². The summed E-state index contributed by atoms with van der Waals surface area (Å²) < 4.78 is 63.5. The first kappa shape index (κ1) is 25.0. The van der Waals surface area contributed by atoms with Crippen molar-refractivity contribution in [3.8, 4) is 11.5 Å². The summed E-state index contributed by atoms with van der Waals surface area (Å²) in [6.45, 7) is 0.563. The van der Waals surface area contributed by atoms with E-state index in [1.807, 2.05) is 0 Å². The van der Waals surface area contributed by atoms with Crippen molar-refractivity contribution in [2.45, 2.75) is 22.6 Å². The third-order valence-corrected chi connectivity index (χ3v) is 8.98. The fraction of sp³-hybridized carbons (Fsp3) is 0.381.